The Morgan fingerprint density at radius 3 is 1.20 bits per heavy atom. The molecule has 2 aliphatic heterocycles. The van der Waals surface area contributed by atoms with Crippen molar-refractivity contribution in [3.63, 3.8) is 0 Å². The molecule has 0 radical (unpaired) electrons. The average molecular weight is 1410 g/mol. The summed E-state index contributed by atoms with van der Waals surface area (Å²) < 4.78 is 45.5. The Hall–Kier alpha value is -7.59. The normalized spacial score (nSPS) is 16.2. The van der Waals surface area contributed by atoms with Crippen molar-refractivity contribution in [1.29, 1.82) is 0 Å². The predicted octanol–water partition coefficient (Wildman–Crippen LogP) is 13.6. The van der Waals surface area contributed by atoms with E-state index in [1.54, 1.807) is 50.3 Å². The van der Waals surface area contributed by atoms with Crippen LogP contribution in [0.4, 0.5) is 0 Å². The highest BCUT2D eigenvalue weighted by atomic mass is 32.2. The van der Waals surface area contributed by atoms with Gasteiger partial charge in [-0.3, -0.25) is 4.18 Å². The summed E-state index contributed by atoms with van der Waals surface area (Å²) in [5.74, 6) is 0.0157. The second kappa shape index (κ2) is 58.0. The Morgan fingerprint density at radius 1 is 0.525 bits per heavy atom. The van der Waals surface area contributed by atoms with Crippen molar-refractivity contribution in [3.05, 3.63) is 281 Å². The van der Waals surface area contributed by atoms with E-state index in [-0.39, 0.29) is 59.9 Å². The molecular weight excluding hydrogens is 1290 g/mol. The van der Waals surface area contributed by atoms with Crippen LogP contribution in [0.25, 0.3) is 0 Å². The first-order valence-corrected chi connectivity index (χ1v) is 36.0. The summed E-state index contributed by atoms with van der Waals surface area (Å²) in [6.45, 7) is 19.6. The van der Waals surface area contributed by atoms with Crippen LogP contribution < -0.4 is 28.7 Å². The average Bonchev–Trinajstić information content (AvgIpc) is 1.63. The highest BCUT2D eigenvalue weighted by Crippen LogP contribution is 2.41. The van der Waals surface area contributed by atoms with E-state index in [9.17, 15) is 23.1 Å². The number of hydrogen-bond donors (Lipinski definition) is 8. The van der Waals surface area contributed by atoms with Gasteiger partial charge in [0.15, 0.2) is 0 Å². The van der Waals surface area contributed by atoms with Crippen LogP contribution >= 0.6 is 0 Å². The van der Waals surface area contributed by atoms with Gasteiger partial charge in [-0.05, 0) is 207 Å². The highest BCUT2D eigenvalue weighted by Gasteiger charge is 2.52. The quantitative estimate of drug-likeness (QED) is 0.00780. The Morgan fingerprint density at radius 2 is 0.861 bits per heavy atom. The fraction of sp³-hybridized carbons (Fsp3) is 0.405. The maximum Gasteiger partial charge on any atom is 0.330 e. The van der Waals surface area contributed by atoms with E-state index in [1.807, 2.05) is 131 Å². The predicted molar refractivity (Wildman–Crippen MR) is 420 cm³/mol. The van der Waals surface area contributed by atoms with Crippen LogP contribution in [0.15, 0.2) is 247 Å². The summed E-state index contributed by atoms with van der Waals surface area (Å²) in [5.41, 5.74) is 32.4. The first-order chi connectivity index (χ1) is 48.6. The molecule has 7 aromatic carbocycles. The summed E-state index contributed by atoms with van der Waals surface area (Å²) in [7, 11) is 3.77. The number of carbonyl (C=O) groups excluding carboxylic acids is 2. The van der Waals surface area contributed by atoms with E-state index in [0.29, 0.717) is 13.0 Å². The number of rotatable bonds is 27. The molecule has 17 heteroatoms. The topological polar surface area (TPSA) is 303 Å². The van der Waals surface area contributed by atoms with E-state index >= 15 is 0 Å². The molecule has 0 aliphatic carbocycles. The summed E-state index contributed by atoms with van der Waals surface area (Å²) in [6.07, 6.45) is 15.8. The number of aryl methyl sites for hydroxylation is 7. The number of ether oxygens (including phenoxy) is 3. The Bertz CT molecular complexity index is 3330. The number of hydrogen-bond acceptors (Lipinski definition) is 16. The van der Waals surface area contributed by atoms with Gasteiger partial charge in [0.1, 0.15) is 18.0 Å². The summed E-state index contributed by atoms with van der Waals surface area (Å²) in [4.78, 5) is 22.0. The van der Waals surface area contributed by atoms with Gasteiger partial charge in [-0.15, -0.1) is 6.58 Å². The molecule has 2 saturated heterocycles. The number of benzene rings is 7. The summed E-state index contributed by atoms with van der Waals surface area (Å²) >= 11 is 0. The van der Waals surface area contributed by atoms with Gasteiger partial charge >= 0.3 is 5.97 Å². The Labute approximate surface area is 608 Å². The van der Waals surface area contributed by atoms with E-state index < -0.39 is 15.7 Å². The number of nitrogens with two attached hydrogens (primary N) is 5. The van der Waals surface area contributed by atoms with Crippen molar-refractivity contribution in [2.24, 2.45) is 28.7 Å². The smallest absolute Gasteiger partial charge is 0.330 e. The fourth-order valence-electron chi connectivity index (χ4n) is 9.26. The van der Waals surface area contributed by atoms with Crippen molar-refractivity contribution in [2.45, 2.75) is 166 Å². The molecule has 0 unspecified atom stereocenters. The maximum absolute atomic E-state index is 12.2. The summed E-state index contributed by atoms with van der Waals surface area (Å²) in [6, 6.07) is 68.1. The first kappa shape index (κ1) is 95.5. The molecule has 7 aromatic rings. The molecule has 9 rings (SSSR count). The lowest BCUT2D eigenvalue weighted by atomic mass is 9.97. The second-order valence-electron chi connectivity index (χ2n) is 23.7. The lowest BCUT2D eigenvalue weighted by molar-refractivity contribution is -0.137. The minimum Gasteiger partial charge on any atom is -0.463 e. The standard InChI is InChI=1S/C19H22O4S.C14H18O2.C12H16O2.2C12H16O.C10H12O.5CH5N/c1-15-8-10-17(11-9-15)24(20,21)22-14-18-19(2,23-18)13-12-16-6-4-3-5-7-16;1-3-16-14(15)11-12(2)9-10-13-7-5-4-6-8-13;1-12(11(9-13)14-12)8-7-10-5-3-2-4-6-10;1-11(9-10-13)7-8-12-5-3-2-4-6-12;1-3-12(2,13)10-9-11-7-5-4-6-8-11;1-9(11)7-8-10-5-3-2-4-6-10;5*1-2/h3-11,18H,12-14H2,1-2H3;4-8,11H,3,9-10H2,1-2H3;2-6,11,13H,7-9H2,1H3;2-6,9,13H,7-8,10H2,1H3;3-8,13H,1,9-10H2,2H3;2-6H,7-8H2,1H3;5*2H2,1H3/b;12-11+;;11-9+;;;;;;;/t18-,19-;;11-,12-;;12-;;;;;;/m1.1.0....../s1. The van der Waals surface area contributed by atoms with Crippen LogP contribution in [0.5, 0.6) is 0 Å². The molecule has 5 atom stereocenters. The SMILES string of the molecule is C/C(=C\CO)CCc1ccccc1.C=C[C@](C)(O)CCc1ccccc1.CC(=O)CCc1ccccc1.CCOC(=O)/C=C(\C)CCc1ccccc1.CN.CN.CN.CN.CN.C[C@]1(CCc2ccccc2)O[C@@H]1CO.Cc1ccc(S(=O)(=O)OC[C@H]2O[C@]2(C)CCc2ccccc2)cc1. The third-order valence-corrected chi connectivity index (χ3v) is 16.9. The van der Waals surface area contributed by atoms with Gasteiger partial charge in [-0.1, -0.05) is 223 Å². The van der Waals surface area contributed by atoms with Gasteiger partial charge < -0.3 is 63.0 Å². The largest absolute Gasteiger partial charge is 0.463 e. The van der Waals surface area contributed by atoms with Gasteiger partial charge in [-0.25, -0.2) is 4.79 Å². The van der Waals surface area contributed by atoms with Gasteiger partial charge in [-0.2, -0.15) is 8.42 Å². The molecule has 0 spiro atoms. The molecule has 0 amide bonds. The molecule has 101 heavy (non-hydrogen) atoms. The van der Waals surface area contributed by atoms with Crippen molar-refractivity contribution >= 4 is 21.9 Å². The number of carbonyl (C=O) groups is 2. The third-order valence-electron chi connectivity index (χ3n) is 15.6. The number of aliphatic hydroxyl groups is 3. The number of aliphatic hydroxyl groups excluding tert-OH is 2. The molecule has 2 fully saturated rings. The highest BCUT2D eigenvalue weighted by molar-refractivity contribution is 7.86. The summed E-state index contributed by atoms with van der Waals surface area (Å²) in [5, 5.41) is 27.2. The number of allylic oxidation sites excluding steroid dienone is 2. The van der Waals surface area contributed by atoms with Gasteiger partial charge in [0.25, 0.3) is 10.1 Å². The Balaban J connectivity index is 0. The zero-order chi connectivity index (χ0) is 76.4. The van der Waals surface area contributed by atoms with E-state index in [1.165, 1.54) is 74.2 Å². The van der Waals surface area contributed by atoms with Gasteiger partial charge in [0, 0.05) is 12.5 Å². The van der Waals surface area contributed by atoms with Crippen molar-refractivity contribution in [3.8, 4) is 0 Å². The lowest BCUT2D eigenvalue weighted by Crippen LogP contribution is -2.20. The van der Waals surface area contributed by atoms with Crippen molar-refractivity contribution in [1.82, 2.24) is 0 Å². The van der Waals surface area contributed by atoms with E-state index in [0.717, 1.165) is 81.8 Å². The minimum absolute atomic E-state index is 0.0570. The molecule has 0 aromatic heterocycles. The minimum atomic E-state index is -3.73. The third kappa shape index (κ3) is 45.8. The first-order valence-electron chi connectivity index (χ1n) is 34.6. The van der Waals surface area contributed by atoms with Crippen LogP contribution in [-0.2, 0) is 76.6 Å². The second-order valence-corrected chi connectivity index (χ2v) is 25.3. The zero-order valence-corrected chi connectivity index (χ0v) is 63.8. The molecule has 0 saturated carbocycles. The molecule has 558 valence electrons. The van der Waals surface area contributed by atoms with E-state index in [2.05, 4.69) is 134 Å². The molecule has 2 aliphatic rings. The Kier molecular flexibility index (Phi) is 54.8. The number of esters is 1. The maximum atomic E-state index is 12.2. The number of Topliss-reactive ketones (excluding diaryl/α,β-unsaturated/α-hetero) is 1. The van der Waals surface area contributed by atoms with Crippen LogP contribution in [-0.4, -0.2) is 126 Å². The zero-order valence-electron chi connectivity index (χ0n) is 62.9. The van der Waals surface area contributed by atoms with Crippen LogP contribution in [0.2, 0.25) is 0 Å². The molecule has 2 heterocycles. The molecule has 16 nitrogen and oxygen atoms in total. The van der Waals surface area contributed by atoms with Crippen LogP contribution in [0.1, 0.15) is 126 Å². The number of epoxide rings is 2. The van der Waals surface area contributed by atoms with Crippen molar-refractivity contribution in [2.75, 3.05) is 61.7 Å². The van der Waals surface area contributed by atoms with Gasteiger partial charge in [0.2, 0.25) is 0 Å². The lowest BCUT2D eigenvalue weighted by Gasteiger charge is -2.17. The monoisotopic (exact) mass is 1410 g/mol. The van der Waals surface area contributed by atoms with Crippen LogP contribution in [0, 0.1) is 6.92 Å². The fourth-order valence-corrected chi connectivity index (χ4v) is 10.2. The van der Waals surface area contributed by atoms with Gasteiger partial charge in [0.05, 0.1) is 48.1 Å². The number of ketones is 1. The van der Waals surface area contributed by atoms with Crippen LogP contribution in [0.3, 0.4) is 0 Å². The van der Waals surface area contributed by atoms with Crippen molar-refractivity contribution < 1.29 is 51.7 Å². The molecule has 0 bridgehead atoms. The molecule has 13 N–H and O–H groups in total. The van der Waals surface area contributed by atoms with E-state index in [4.69, 9.17) is 28.6 Å². The molecular formula is C84H125N5O11S.